The highest BCUT2D eigenvalue weighted by Crippen LogP contribution is 2.31. The summed E-state index contributed by atoms with van der Waals surface area (Å²) >= 11 is 6.17. The van der Waals surface area contributed by atoms with Crippen LogP contribution < -0.4 is 0 Å². The molecule has 2 heteroatoms. The fourth-order valence-electron chi connectivity index (χ4n) is 2.34. The largest absolute Gasteiger partial charge is 0.362 e. The first-order chi connectivity index (χ1) is 7.24. The van der Waals surface area contributed by atoms with Gasteiger partial charge in [0.1, 0.15) is 5.56 Å². The quantitative estimate of drug-likeness (QED) is 0.481. The Kier molecular flexibility index (Phi) is 6.67. The van der Waals surface area contributed by atoms with Crippen molar-refractivity contribution in [2.45, 2.75) is 64.4 Å². The second-order valence-corrected chi connectivity index (χ2v) is 5.42. The zero-order chi connectivity index (χ0) is 11.1. The molecule has 1 heterocycles. The molecule has 1 aliphatic heterocycles. The smallest absolute Gasteiger partial charge is 0.134 e. The van der Waals surface area contributed by atoms with Gasteiger partial charge in [-0.3, -0.25) is 0 Å². The maximum absolute atomic E-state index is 6.17. The zero-order valence-corrected chi connectivity index (χ0v) is 10.9. The molecule has 3 atom stereocenters. The van der Waals surface area contributed by atoms with Crippen molar-refractivity contribution in [3.8, 4) is 0 Å². The normalized spacial score (nSPS) is 31.8. The van der Waals surface area contributed by atoms with Crippen molar-refractivity contribution < 1.29 is 4.74 Å². The third kappa shape index (κ3) is 5.21. The van der Waals surface area contributed by atoms with E-state index in [1.165, 1.54) is 44.9 Å². The Morgan fingerprint density at radius 3 is 2.67 bits per heavy atom. The highest BCUT2D eigenvalue weighted by molar-refractivity contribution is 6.19. The summed E-state index contributed by atoms with van der Waals surface area (Å²) in [7, 11) is 0. The zero-order valence-electron chi connectivity index (χ0n) is 10.2. The molecule has 1 rings (SSSR count). The predicted molar refractivity (Wildman–Crippen MR) is 66.2 cm³/mol. The van der Waals surface area contributed by atoms with Gasteiger partial charge >= 0.3 is 0 Å². The summed E-state index contributed by atoms with van der Waals surface area (Å²) < 4.78 is 5.55. The van der Waals surface area contributed by atoms with Gasteiger partial charge in [-0.2, -0.15) is 0 Å². The number of ether oxygens (including phenoxy) is 1. The number of hydrogen-bond donors (Lipinski definition) is 0. The molecule has 0 aromatic heterocycles. The summed E-state index contributed by atoms with van der Waals surface area (Å²) in [5, 5.41) is 0. The van der Waals surface area contributed by atoms with E-state index in [4.69, 9.17) is 16.3 Å². The SMILES string of the molecule is CCCCCCCC1CC(C)COC1Cl. The lowest BCUT2D eigenvalue weighted by molar-refractivity contribution is -0.00902. The van der Waals surface area contributed by atoms with Crippen LogP contribution in [0.3, 0.4) is 0 Å². The molecule has 0 aromatic rings. The summed E-state index contributed by atoms with van der Waals surface area (Å²) in [5.41, 5.74) is -0.0209. The van der Waals surface area contributed by atoms with Crippen LogP contribution in [0.2, 0.25) is 0 Å². The van der Waals surface area contributed by atoms with Gasteiger partial charge in [0.2, 0.25) is 0 Å². The fourth-order valence-corrected chi connectivity index (χ4v) is 2.64. The van der Waals surface area contributed by atoms with E-state index >= 15 is 0 Å². The predicted octanol–water partition coefficient (Wildman–Crippen LogP) is 4.58. The van der Waals surface area contributed by atoms with E-state index in [1.807, 2.05) is 0 Å². The molecule has 0 radical (unpaired) electrons. The topological polar surface area (TPSA) is 9.23 Å². The van der Waals surface area contributed by atoms with Gasteiger partial charge in [0.25, 0.3) is 0 Å². The van der Waals surface area contributed by atoms with Crippen LogP contribution in [0, 0.1) is 11.8 Å². The third-order valence-corrected chi connectivity index (χ3v) is 3.78. The molecular formula is C13H25ClO. The van der Waals surface area contributed by atoms with Crippen molar-refractivity contribution in [1.29, 1.82) is 0 Å². The van der Waals surface area contributed by atoms with E-state index in [9.17, 15) is 0 Å². The van der Waals surface area contributed by atoms with Crippen LogP contribution >= 0.6 is 11.6 Å². The van der Waals surface area contributed by atoms with Crippen LogP contribution in [0.15, 0.2) is 0 Å². The maximum Gasteiger partial charge on any atom is 0.134 e. The van der Waals surface area contributed by atoms with E-state index in [0.29, 0.717) is 11.8 Å². The van der Waals surface area contributed by atoms with Crippen molar-refractivity contribution in [2.75, 3.05) is 6.61 Å². The molecule has 0 N–H and O–H groups in total. The monoisotopic (exact) mass is 232 g/mol. The lowest BCUT2D eigenvalue weighted by Gasteiger charge is -2.31. The van der Waals surface area contributed by atoms with E-state index < -0.39 is 0 Å². The number of alkyl halides is 1. The molecule has 1 nitrogen and oxygen atoms in total. The number of rotatable bonds is 6. The Morgan fingerprint density at radius 1 is 1.20 bits per heavy atom. The van der Waals surface area contributed by atoms with Crippen LogP contribution in [-0.4, -0.2) is 12.2 Å². The van der Waals surface area contributed by atoms with Gasteiger partial charge in [0, 0.05) is 0 Å². The molecule has 1 aliphatic rings. The molecule has 0 aliphatic carbocycles. The van der Waals surface area contributed by atoms with Crippen molar-refractivity contribution in [1.82, 2.24) is 0 Å². The summed E-state index contributed by atoms with van der Waals surface area (Å²) in [6, 6.07) is 0. The van der Waals surface area contributed by atoms with Crippen molar-refractivity contribution >= 4 is 11.6 Å². The molecule has 0 spiro atoms. The van der Waals surface area contributed by atoms with Crippen LogP contribution in [0.25, 0.3) is 0 Å². The van der Waals surface area contributed by atoms with E-state index in [2.05, 4.69) is 13.8 Å². The lowest BCUT2D eigenvalue weighted by atomic mass is 9.90. The minimum atomic E-state index is -0.0209. The van der Waals surface area contributed by atoms with Gasteiger partial charge < -0.3 is 4.74 Å². The molecule has 90 valence electrons. The third-order valence-electron chi connectivity index (χ3n) is 3.29. The molecule has 0 aromatic carbocycles. The van der Waals surface area contributed by atoms with Gasteiger partial charge in [-0.1, -0.05) is 57.6 Å². The summed E-state index contributed by atoms with van der Waals surface area (Å²) in [4.78, 5) is 0. The summed E-state index contributed by atoms with van der Waals surface area (Å²) in [6.07, 6.45) is 9.27. The van der Waals surface area contributed by atoms with Gasteiger partial charge in [-0.25, -0.2) is 0 Å². The summed E-state index contributed by atoms with van der Waals surface area (Å²) in [6.45, 7) is 5.36. The molecule has 15 heavy (non-hydrogen) atoms. The molecule has 0 saturated carbocycles. The minimum absolute atomic E-state index is 0.0209. The van der Waals surface area contributed by atoms with Crippen molar-refractivity contribution in [2.24, 2.45) is 11.8 Å². The van der Waals surface area contributed by atoms with Gasteiger partial charge in [0.05, 0.1) is 6.61 Å². The fraction of sp³-hybridized carbons (Fsp3) is 1.00. The van der Waals surface area contributed by atoms with Crippen LogP contribution in [0.1, 0.15) is 58.8 Å². The summed E-state index contributed by atoms with van der Waals surface area (Å²) in [5.74, 6) is 1.29. The second-order valence-electron chi connectivity index (χ2n) is 4.99. The van der Waals surface area contributed by atoms with E-state index in [1.54, 1.807) is 0 Å². The van der Waals surface area contributed by atoms with Crippen LogP contribution in [0.4, 0.5) is 0 Å². The van der Waals surface area contributed by atoms with Crippen LogP contribution in [-0.2, 0) is 4.74 Å². The van der Waals surface area contributed by atoms with E-state index in [-0.39, 0.29) is 5.56 Å². The Balaban J connectivity index is 2.08. The Morgan fingerprint density at radius 2 is 1.93 bits per heavy atom. The first kappa shape index (κ1) is 13.3. The molecule has 1 fully saturated rings. The van der Waals surface area contributed by atoms with Gasteiger partial charge in [-0.05, 0) is 24.7 Å². The maximum atomic E-state index is 6.17. The van der Waals surface area contributed by atoms with Crippen molar-refractivity contribution in [3.05, 3.63) is 0 Å². The molecular weight excluding hydrogens is 208 g/mol. The average molecular weight is 233 g/mol. The molecule has 3 unspecified atom stereocenters. The van der Waals surface area contributed by atoms with Crippen molar-refractivity contribution in [3.63, 3.8) is 0 Å². The molecule has 1 saturated heterocycles. The first-order valence-electron chi connectivity index (χ1n) is 6.49. The van der Waals surface area contributed by atoms with E-state index in [0.717, 1.165) is 6.61 Å². The molecule has 0 amide bonds. The Labute approximate surface area is 99.5 Å². The minimum Gasteiger partial charge on any atom is -0.362 e. The van der Waals surface area contributed by atoms with Gasteiger partial charge in [0.15, 0.2) is 0 Å². The first-order valence-corrected chi connectivity index (χ1v) is 6.93. The Hall–Kier alpha value is 0.250. The highest BCUT2D eigenvalue weighted by atomic mass is 35.5. The number of unbranched alkanes of at least 4 members (excludes halogenated alkanes) is 4. The van der Waals surface area contributed by atoms with Crippen LogP contribution in [0.5, 0.6) is 0 Å². The average Bonchev–Trinajstić information content (AvgIpc) is 2.23. The number of hydrogen-bond acceptors (Lipinski definition) is 1. The molecule has 0 bridgehead atoms. The second kappa shape index (κ2) is 7.51. The standard InChI is InChI=1S/C13H25ClO/c1-3-4-5-6-7-8-12-9-11(2)10-15-13(12)14/h11-13H,3-10H2,1-2H3. The number of halogens is 1. The van der Waals surface area contributed by atoms with Gasteiger partial charge in [-0.15, -0.1) is 0 Å². The lowest BCUT2D eigenvalue weighted by Crippen LogP contribution is -2.29. The highest BCUT2D eigenvalue weighted by Gasteiger charge is 2.27. The Bertz CT molecular complexity index is 161.